The van der Waals surface area contributed by atoms with E-state index < -0.39 is 5.82 Å². The first-order valence-corrected chi connectivity index (χ1v) is 6.30. The highest BCUT2D eigenvalue weighted by Crippen LogP contribution is 2.36. The molecular formula is C13H18FN3O. The quantitative estimate of drug-likeness (QED) is 0.842. The van der Waals surface area contributed by atoms with Crippen LogP contribution in [-0.2, 0) is 0 Å². The minimum absolute atomic E-state index is 0.0502. The van der Waals surface area contributed by atoms with Crippen LogP contribution >= 0.6 is 0 Å². The van der Waals surface area contributed by atoms with Gasteiger partial charge >= 0.3 is 0 Å². The Labute approximate surface area is 106 Å². The third kappa shape index (κ3) is 2.78. The van der Waals surface area contributed by atoms with Gasteiger partial charge in [0.25, 0.3) is 5.91 Å². The van der Waals surface area contributed by atoms with Gasteiger partial charge in [0.2, 0.25) is 0 Å². The molecular weight excluding hydrogens is 233 g/mol. The van der Waals surface area contributed by atoms with Crippen LogP contribution in [-0.4, -0.2) is 24.0 Å². The third-order valence-electron chi connectivity index (χ3n) is 3.28. The van der Waals surface area contributed by atoms with Crippen molar-refractivity contribution in [3.05, 3.63) is 23.6 Å². The Balaban J connectivity index is 2.02. The van der Waals surface area contributed by atoms with Gasteiger partial charge in [-0.1, -0.05) is 6.92 Å². The molecule has 1 aliphatic carbocycles. The summed E-state index contributed by atoms with van der Waals surface area (Å²) in [5, 5.41) is 5.56. The summed E-state index contributed by atoms with van der Waals surface area (Å²) in [6.45, 7) is 5.18. The Morgan fingerprint density at radius 3 is 2.94 bits per heavy atom. The summed E-state index contributed by atoms with van der Waals surface area (Å²) in [6.07, 6.45) is 2.58. The molecule has 1 amide bonds. The Morgan fingerprint density at radius 1 is 1.61 bits per heavy atom. The van der Waals surface area contributed by atoms with Gasteiger partial charge in [-0.05, 0) is 31.2 Å². The summed E-state index contributed by atoms with van der Waals surface area (Å²) < 4.78 is 13.9. The van der Waals surface area contributed by atoms with Crippen molar-refractivity contribution in [1.82, 2.24) is 10.3 Å². The average Bonchev–Trinajstić information content (AvgIpc) is 3.05. The number of carbonyl (C=O) groups excluding carboxylic acids is 1. The maximum Gasteiger partial charge on any atom is 0.254 e. The molecule has 0 radical (unpaired) electrons. The normalized spacial score (nSPS) is 21.5. The predicted molar refractivity (Wildman–Crippen MR) is 68.0 cm³/mol. The molecule has 1 aromatic rings. The largest absolute Gasteiger partial charge is 0.368 e. The first kappa shape index (κ1) is 12.8. The van der Waals surface area contributed by atoms with Crippen molar-refractivity contribution in [3.8, 4) is 0 Å². The number of amides is 1. The molecule has 18 heavy (non-hydrogen) atoms. The molecule has 2 atom stereocenters. The summed E-state index contributed by atoms with van der Waals surface area (Å²) in [6, 6.07) is 1.40. The second kappa shape index (κ2) is 5.33. The molecule has 1 saturated carbocycles. The Hall–Kier alpha value is -1.65. The van der Waals surface area contributed by atoms with Crippen molar-refractivity contribution in [3.63, 3.8) is 0 Å². The molecule has 1 aliphatic rings. The van der Waals surface area contributed by atoms with E-state index in [2.05, 4.69) is 22.5 Å². The van der Waals surface area contributed by atoms with Crippen molar-refractivity contribution in [2.75, 3.05) is 18.4 Å². The SMILES string of the molecule is CCNc1nccc(C(=O)NCC2CC2C)c1F. The highest BCUT2D eigenvalue weighted by molar-refractivity contribution is 5.95. The number of halogens is 1. The zero-order valence-electron chi connectivity index (χ0n) is 10.7. The second-order valence-electron chi connectivity index (χ2n) is 4.73. The van der Waals surface area contributed by atoms with Crippen LogP contribution in [0.2, 0.25) is 0 Å². The molecule has 0 aliphatic heterocycles. The second-order valence-corrected chi connectivity index (χ2v) is 4.73. The Morgan fingerprint density at radius 2 is 2.33 bits per heavy atom. The fourth-order valence-electron chi connectivity index (χ4n) is 1.91. The van der Waals surface area contributed by atoms with Gasteiger partial charge in [0.05, 0.1) is 5.56 Å². The number of hydrogen-bond acceptors (Lipinski definition) is 3. The van der Waals surface area contributed by atoms with Crippen LogP contribution in [0.4, 0.5) is 10.2 Å². The summed E-state index contributed by atoms with van der Waals surface area (Å²) in [4.78, 5) is 15.7. The minimum Gasteiger partial charge on any atom is -0.368 e. The van der Waals surface area contributed by atoms with Gasteiger partial charge in [-0.2, -0.15) is 0 Å². The van der Waals surface area contributed by atoms with E-state index in [9.17, 15) is 9.18 Å². The molecule has 5 heteroatoms. The lowest BCUT2D eigenvalue weighted by molar-refractivity contribution is 0.0947. The average molecular weight is 251 g/mol. The number of rotatable bonds is 5. The zero-order chi connectivity index (χ0) is 13.1. The molecule has 0 spiro atoms. The molecule has 0 aromatic carbocycles. The van der Waals surface area contributed by atoms with E-state index in [-0.39, 0.29) is 17.3 Å². The van der Waals surface area contributed by atoms with E-state index in [1.807, 2.05) is 6.92 Å². The number of nitrogens with one attached hydrogen (secondary N) is 2. The molecule has 1 fully saturated rings. The highest BCUT2D eigenvalue weighted by Gasteiger charge is 2.32. The van der Waals surface area contributed by atoms with Crippen LogP contribution in [0.25, 0.3) is 0 Å². The van der Waals surface area contributed by atoms with E-state index in [0.717, 1.165) is 6.42 Å². The maximum absolute atomic E-state index is 13.9. The third-order valence-corrected chi connectivity index (χ3v) is 3.28. The highest BCUT2D eigenvalue weighted by atomic mass is 19.1. The molecule has 0 saturated heterocycles. The van der Waals surface area contributed by atoms with Crippen LogP contribution in [0.5, 0.6) is 0 Å². The molecule has 4 nitrogen and oxygen atoms in total. The standard InChI is InChI=1S/C13H18FN3O/c1-3-15-12-11(14)10(4-5-16-12)13(18)17-7-9-6-8(9)2/h4-5,8-9H,3,6-7H2,1-2H3,(H,15,16)(H,17,18). The maximum atomic E-state index is 13.9. The fourth-order valence-corrected chi connectivity index (χ4v) is 1.91. The zero-order valence-corrected chi connectivity index (χ0v) is 10.7. The van der Waals surface area contributed by atoms with E-state index in [4.69, 9.17) is 0 Å². The minimum atomic E-state index is -0.583. The van der Waals surface area contributed by atoms with Gasteiger partial charge in [-0.3, -0.25) is 4.79 Å². The first-order chi connectivity index (χ1) is 8.63. The Kier molecular flexibility index (Phi) is 3.79. The van der Waals surface area contributed by atoms with Crippen LogP contribution in [0.1, 0.15) is 30.6 Å². The van der Waals surface area contributed by atoms with Gasteiger partial charge in [0.1, 0.15) is 0 Å². The molecule has 1 aromatic heterocycles. The lowest BCUT2D eigenvalue weighted by Gasteiger charge is -2.08. The van der Waals surface area contributed by atoms with Crippen LogP contribution in [0.3, 0.4) is 0 Å². The monoisotopic (exact) mass is 251 g/mol. The lowest BCUT2D eigenvalue weighted by atomic mass is 10.2. The van der Waals surface area contributed by atoms with Crippen LogP contribution in [0.15, 0.2) is 12.3 Å². The number of pyridine rings is 1. The van der Waals surface area contributed by atoms with Crippen molar-refractivity contribution >= 4 is 11.7 Å². The van der Waals surface area contributed by atoms with Gasteiger partial charge in [0, 0.05) is 19.3 Å². The summed E-state index contributed by atoms with van der Waals surface area (Å²) in [5.74, 6) is 0.399. The summed E-state index contributed by atoms with van der Waals surface area (Å²) >= 11 is 0. The number of anilines is 1. The van der Waals surface area contributed by atoms with E-state index in [0.29, 0.717) is 24.9 Å². The van der Waals surface area contributed by atoms with Gasteiger partial charge < -0.3 is 10.6 Å². The topological polar surface area (TPSA) is 54.0 Å². The van der Waals surface area contributed by atoms with Crippen molar-refractivity contribution in [2.45, 2.75) is 20.3 Å². The van der Waals surface area contributed by atoms with Gasteiger partial charge in [0.15, 0.2) is 11.6 Å². The number of nitrogens with zero attached hydrogens (tertiary/aromatic N) is 1. The number of aromatic nitrogens is 1. The van der Waals surface area contributed by atoms with Crippen LogP contribution in [0, 0.1) is 17.7 Å². The van der Waals surface area contributed by atoms with Gasteiger partial charge in [-0.15, -0.1) is 0 Å². The summed E-state index contributed by atoms with van der Waals surface area (Å²) in [7, 11) is 0. The fraction of sp³-hybridized carbons (Fsp3) is 0.538. The molecule has 98 valence electrons. The smallest absolute Gasteiger partial charge is 0.254 e. The van der Waals surface area contributed by atoms with E-state index >= 15 is 0 Å². The first-order valence-electron chi connectivity index (χ1n) is 6.30. The Bertz CT molecular complexity index is 450. The number of carbonyl (C=O) groups is 1. The van der Waals surface area contributed by atoms with Crippen molar-refractivity contribution in [2.24, 2.45) is 11.8 Å². The molecule has 2 unspecified atom stereocenters. The number of hydrogen-bond donors (Lipinski definition) is 2. The summed E-state index contributed by atoms with van der Waals surface area (Å²) in [5.41, 5.74) is 0.0502. The van der Waals surface area contributed by atoms with Crippen molar-refractivity contribution in [1.29, 1.82) is 0 Å². The predicted octanol–water partition coefficient (Wildman–Crippen LogP) is 2.04. The van der Waals surface area contributed by atoms with Crippen LogP contribution < -0.4 is 10.6 Å². The van der Waals surface area contributed by atoms with Gasteiger partial charge in [-0.25, -0.2) is 9.37 Å². The van der Waals surface area contributed by atoms with E-state index in [1.165, 1.54) is 12.3 Å². The molecule has 1 heterocycles. The molecule has 0 bridgehead atoms. The van der Waals surface area contributed by atoms with Crippen molar-refractivity contribution < 1.29 is 9.18 Å². The molecule has 2 rings (SSSR count). The van der Waals surface area contributed by atoms with E-state index in [1.54, 1.807) is 0 Å². The molecule has 2 N–H and O–H groups in total. The lowest BCUT2D eigenvalue weighted by Crippen LogP contribution is -2.27.